The zero-order chi connectivity index (χ0) is 9.68. The van der Waals surface area contributed by atoms with E-state index in [0.717, 1.165) is 16.8 Å². The number of hydrogen-bond donors (Lipinski definition) is 2. The van der Waals surface area contributed by atoms with E-state index in [1.54, 1.807) is 6.20 Å². The van der Waals surface area contributed by atoms with E-state index in [-0.39, 0.29) is 0 Å². The maximum Gasteiger partial charge on any atom is 0.126 e. The van der Waals surface area contributed by atoms with Gasteiger partial charge in [0, 0.05) is 23.3 Å². The van der Waals surface area contributed by atoms with Gasteiger partial charge in [-0.1, -0.05) is 0 Å². The number of pyridine rings is 1. The third-order valence-corrected chi connectivity index (χ3v) is 2.28. The maximum absolute atomic E-state index is 4.20. The SMILES string of the molecule is CNC(C)CNc1ccc(Br)cn1. The molecule has 72 valence electrons. The first-order chi connectivity index (χ1) is 6.22. The van der Waals surface area contributed by atoms with Crippen molar-refractivity contribution in [2.75, 3.05) is 18.9 Å². The molecule has 1 rings (SSSR count). The van der Waals surface area contributed by atoms with Crippen molar-refractivity contribution < 1.29 is 0 Å². The molecule has 0 aliphatic rings. The van der Waals surface area contributed by atoms with Crippen molar-refractivity contribution in [2.24, 2.45) is 0 Å². The zero-order valence-electron chi connectivity index (χ0n) is 7.84. The van der Waals surface area contributed by atoms with E-state index in [9.17, 15) is 0 Å². The largest absolute Gasteiger partial charge is 0.369 e. The maximum atomic E-state index is 4.20. The second-order valence-electron chi connectivity index (χ2n) is 2.93. The van der Waals surface area contributed by atoms with Crippen LogP contribution in [0.1, 0.15) is 6.92 Å². The van der Waals surface area contributed by atoms with Crippen LogP contribution in [0.3, 0.4) is 0 Å². The van der Waals surface area contributed by atoms with Gasteiger partial charge < -0.3 is 10.6 Å². The Morgan fingerprint density at radius 2 is 2.31 bits per heavy atom. The Bertz CT molecular complexity index is 248. The van der Waals surface area contributed by atoms with Gasteiger partial charge in [0.05, 0.1) is 0 Å². The summed E-state index contributed by atoms with van der Waals surface area (Å²) < 4.78 is 1.000. The van der Waals surface area contributed by atoms with E-state index < -0.39 is 0 Å². The normalized spacial score (nSPS) is 12.5. The molecular weight excluding hydrogens is 230 g/mol. The van der Waals surface area contributed by atoms with Gasteiger partial charge in [-0.05, 0) is 42.0 Å². The second-order valence-corrected chi connectivity index (χ2v) is 3.85. The van der Waals surface area contributed by atoms with Crippen LogP contribution in [0.4, 0.5) is 5.82 Å². The van der Waals surface area contributed by atoms with Gasteiger partial charge in [-0.3, -0.25) is 0 Å². The third-order valence-electron chi connectivity index (χ3n) is 1.81. The summed E-state index contributed by atoms with van der Waals surface area (Å²) in [5.41, 5.74) is 0. The van der Waals surface area contributed by atoms with Crippen LogP contribution in [0.25, 0.3) is 0 Å². The summed E-state index contributed by atoms with van der Waals surface area (Å²) in [6, 6.07) is 4.37. The molecule has 1 heterocycles. The summed E-state index contributed by atoms with van der Waals surface area (Å²) in [5, 5.41) is 6.38. The highest BCUT2D eigenvalue weighted by atomic mass is 79.9. The number of aromatic nitrogens is 1. The first-order valence-corrected chi connectivity index (χ1v) is 5.04. The molecular formula is C9H14BrN3. The lowest BCUT2D eigenvalue weighted by atomic mass is 10.3. The topological polar surface area (TPSA) is 37.0 Å². The molecule has 0 aromatic carbocycles. The Morgan fingerprint density at radius 1 is 1.54 bits per heavy atom. The standard InChI is InChI=1S/C9H14BrN3/c1-7(11-2)5-12-9-4-3-8(10)6-13-9/h3-4,6-7,11H,5H2,1-2H3,(H,12,13). The van der Waals surface area contributed by atoms with Crippen LogP contribution >= 0.6 is 15.9 Å². The summed E-state index contributed by atoms with van der Waals surface area (Å²) in [6.07, 6.45) is 1.78. The van der Waals surface area contributed by atoms with Crippen LogP contribution in [0, 0.1) is 0 Å². The number of anilines is 1. The minimum Gasteiger partial charge on any atom is -0.369 e. The highest BCUT2D eigenvalue weighted by molar-refractivity contribution is 9.10. The van der Waals surface area contributed by atoms with Gasteiger partial charge in [0.1, 0.15) is 5.82 Å². The van der Waals surface area contributed by atoms with Gasteiger partial charge in [0.2, 0.25) is 0 Å². The molecule has 1 atom stereocenters. The number of hydrogen-bond acceptors (Lipinski definition) is 3. The molecule has 4 heteroatoms. The van der Waals surface area contributed by atoms with E-state index in [1.165, 1.54) is 0 Å². The number of halogens is 1. The van der Waals surface area contributed by atoms with E-state index >= 15 is 0 Å². The molecule has 1 aromatic heterocycles. The lowest BCUT2D eigenvalue weighted by Crippen LogP contribution is -2.29. The summed E-state index contributed by atoms with van der Waals surface area (Å²) in [6.45, 7) is 3.00. The van der Waals surface area contributed by atoms with Crippen molar-refractivity contribution in [3.05, 3.63) is 22.8 Å². The number of rotatable bonds is 4. The molecule has 3 nitrogen and oxygen atoms in total. The fraction of sp³-hybridized carbons (Fsp3) is 0.444. The fourth-order valence-corrected chi connectivity index (χ4v) is 1.07. The zero-order valence-corrected chi connectivity index (χ0v) is 9.43. The molecule has 1 unspecified atom stereocenters. The first kappa shape index (κ1) is 10.5. The first-order valence-electron chi connectivity index (χ1n) is 4.25. The van der Waals surface area contributed by atoms with Gasteiger partial charge in [-0.25, -0.2) is 4.98 Å². The number of nitrogens with zero attached hydrogens (tertiary/aromatic N) is 1. The van der Waals surface area contributed by atoms with Crippen LogP contribution < -0.4 is 10.6 Å². The highest BCUT2D eigenvalue weighted by Gasteiger charge is 1.97. The minimum absolute atomic E-state index is 0.449. The lowest BCUT2D eigenvalue weighted by molar-refractivity contribution is 0.637. The van der Waals surface area contributed by atoms with Crippen LogP contribution in [-0.2, 0) is 0 Å². The monoisotopic (exact) mass is 243 g/mol. The van der Waals surface area contributed by atoms with Crippen LogP contribution in [0.5, 0.6) is 0 Å². The quantitative estimate of drug-likeness (QED) is 0.848. The molecule has 0 aliphatic heterocycles. The van der Waals surface area contributed by atoms with Crippen LogP contribution in [0.15, 0.2) is 22.8 Å². The second kappa shape index (κ2) is 5.19. The third kappa shape index (κ3) is 3.74. The molecule has 0 fully saturated rings. The van der Waals surface area contributed by atoms with Gasteiger partial charge >= 0.3 is 0 Å². The van der Waals surface area contributed by atoms with Crippen molar-refractivity contribution in [3.8, 4) is 0 Å². The van der Waals surface area contributed by atoms with Crippen molar-refractivity contribution in [3.63, 3.8) is 0 Å². The van der Waals surface area contributed by atoms with Crippen molar-refractivity contribution in [2.45, 2.75) is 13.0 Å². The summed E-state index contributed by atoms with van der Waals surface area (Å²) in [4.78, 5) is 4.20. The molecule has 0 spiro atoms. The summed E-state index contributed by atoms with van der Waals surface area (Å²) in [7, 11) is 1.95. The molecule has 0 bridgehead atoms. The minimum atomic E-state index is 0.449. The van der Waals surface area contributed by atoms with Crippen molar-refractivity contribution in [1.29, 1.82) is 0 Å². The summed E-state index contributed by atoms with van der Waals surface area (Å²) in [5.74, 6) is 0.908. The smallest absolute Gasteiger partial charge is 0.126 e. The Hall–Kier alpha value is -0.610. The Kier molecular flexibility index (Phi) is 4.18. The molecule has 0 saturated carbocycles. The molecule has 1 aromatic rings. The molecule has 0 aliphatic carbocycles. The van der Waals surface area contributed by atoms with Gasteiger partial charge in [0.25, 0.3) is 0 Å². The van der Waals surface area contributed by atoms with Crippen molar-refractivity contribution >= 4 is 21.7 Å². The molecule has 0 radical (unpaired) electrons. The highest BCUT2D eigenvalue weighted by Crippen LogP contribution is 2.10. The number of likely N-dealkylation sites (N-methyl/N-ethyl adjacent to an activating group) is 1. The molecule has 13 heavy (non-hydrogen) atoms. The van der Waals surface area contributed by atoms with Gasteiger partial charge in [0.15, 0.2) is 0 Å². The molecule has 2 N–H and O–H groups in total. The Labute approximate surface area is 87.1 Å². The fourth-order valence-electron chi connectivity index (χ4n) is 0.840. The molecule has 0 saturated heterocycles. The Balaban J connectivity index is 2.41. The Morgan fingerprint density at radius 3 is 2.85 bits per heavy atom. The average Bonchev–Trinajstić information content (AvgIpc) is 2.16. The van der Waals surface area contributed by atoms with Gasteiger partial charge in [-0.2, -0.15) is 0 Å². The lowest BCUT2D eigenvalue weighted by Gasteiger charge is -2.11. The molecule has 0 amide bonds. The van der Waals surface area contributed by atoms with Crippen LogP contribution in [-0.4, -0.2) is 24.6 Å². The van der Waals surface area contributed by atoms with E-state index in [1.807, 2.05) is 19.2 Å². The average molecular weight is 244 g/mol. The predicted octanol–water partition coefficient (Wildman–Crippen LogP) is 1.86. The predicted molar refractivity (Wildman–Crippen MR) is 58.9 cm³/mol. The summed E-state index contributed by atoms with van der Waals surface area (Å²) >= 11 is 3.34. The van der Waals surface area contributed by atoms with Gasteiger partial charge in [-0.15, -0.1) is 0 Å². The van der Waals surface area contributed by atoms with Crippen LogP contribution in [0.2, 0.25) is 0 Å². The van der Waals surface area contributed by atoms with E-state index in [0.29, 0.717) is 6.04 Å². The number of nitrogens with one attached hydrogen (secondary N) is 2. The van der Waals surface area contributed by atoms with E-state index in [4.69, 9.17) is 0 Å². The van der Waals surface area contributed by atoms with Crippen molar-refractivity contribution in [1.82, 2.24) is 10.3 Å². The van der Waals surface area contributed by atoms with E-state index in [2.05, 4.69) is 38.5 Å².